The molecular formula is C13H13BrIN3. The summed E-state index contributed by atoms with van der Waals surface area (Å²) in [4.78, 5) is 10.8. The van der Waals surface area contributed by atoms with E-state index >= 15 is 0 Å². The van der Waals surface area contributed by atoms with Crippen LogP contribution in [0.15, 0.2) is 27.8 Å². The highest BCUT2D eigenvalue weighted by Crippen LogP contribution is 2.37. The molecule has 0 aliphatic heterocycles. The number of rotatable bonds is 2. The molecule has 0 bridgehead atoms. The standard InChI is InChI=1S/C13H13BrIN3/c1-8-12-9(4-5-16-8)13(17-7-18(2)3)11(15)6-10(12)14/h4-7H,1-3H3/b17-7+. The van der Waals surface area contributed by atoms with Gasteiger partial charge in [0, 0.05) is 44.8 Å². The molecule has 0 N–H and O–H groups in total. The van der Waals surface area contributed by atoms with Gasteiger partial charge in [-0.1, -0.05) is 15.9 Å². The molecule has 0 amide bonds. The smallest absolute Gasteiger partial charge is 0.0907 e. The topological polar surface area (TPSA) is 28.5 Å². The summed E-state index contributed by atoms with van der Waals surface area (Å²) in [5.41, 5.74) is 2.00. The van der Waals surface area contributed by atoms with E-state index < -0.39 is 0 Å². The van der Waals surface area contributed by atoms with Crippen molar-refractivity contribution in [1.29, 1.82) is 0 Å². The molecule has 18 heavy (non-hydrogen) atoms. The Morgan fingerprint density at radius 1 is 1.44 bits per heavy atom. The Kier molecular flexibility index (Phi) is 4.21. The lowest BCUT2D eigenvalue weighted by atomic mass is 10.1. The lowest BCUT2D eigenvalue weighted by Gasteiger charge is -2.10. The molecule has 0 radical (unpaired) electrons. The molecular weight excluding hydrogens is 405 g/mol. The van der Waals surface area contributed by atoms with Crippen molar-refractivity contribution < 1.29 is 0 Å². The molecule has 5 heteroatoms. The van der Waals surface area contributed by atoms with Gasteiger partial charge in [-0.25, -0.2) is 4.99 Å². The minimum atomic E-state index is 0.994. The number of hydrogen-bond acceptors (Lipinski definition) is 2. The molecule has 2 rings (SSSR count). The van der Waals surface area contributed by atoms with Crippen LogP contribution in [0.25, 0.3) is 10.8 Å². The highest BCUT2D eigenvalue weighted by Gasteiger charge is 2.10. The van der Waals surface area contributed by atoms with Gasteiger partial charge in [-0.3, -0.25) is 4.98 Å². The lowest BCUT2D eigenvalue weighted by molar-refractivity contribution is 0.643. The fraction of sp³-hybridized carbons (Fsp3) is 0.231. The number of aryl methyl sites for hydroxylation is 1. The SMILES string of the molecule is Cc1nccc2c(/N=C/N(C)C)c(I)cc(Br)c12. The minimum Gasteiger partial charge on any atom is -0.369 e. The van der Waals surface area contributed by atoms with Crippen molar-refractivity contribution in [1.82, 2.24) is 9.88 Å². The predicted molar refractivity (Wildman–Crippen MR) is 88.7 cm³/mol. The van der Waals surface area contributed by atoms with E-state index in [0.29, 0.717) is 0 Å². The number of benzene rings is 1. The Bertz CT molecular complexity index is 623. The maximum absolute atomic E-state index is 4.56. The summed E-state index contributed by atoms with van der Waals surface area (Å²) in [6.07, 6.45) is 3.65. The first-order valence-electron chi connectivity index (χ1n) is 5.44. The molecule has 2 aromatic rings. The van der Waals surface area contributed by atoms with Crippen LogP contribution in [0, 0.1) is 10.5 Å². The summed E-state index contributed by atoms with van der Waals surface area (Å²) in [5.74, 6) is 0. The van der Waals surface area contributed by atoms with Gasteiger partial charge in [0.05, 0.1) is 12.0 Å². The van der Waals surface area contributed by atoms with Gasteiger partial charge in [-0.15, -0.1) is 0 Å². The highest BCUT2D eigenvalue weighted by atomic mass is 127. The average Bonchev–Trinajstić information content (AvgIpc) is 2.27. The van der Waals surface area contributed by atoms with Gasteiger partial charge in [-0.2, -0.15) is 0 Å². The highest BCUT2D eigenvalue weighted by molar-refractivity contribution is 14.1. The van der Waals surface area contributed by atoms with Crippen LogP contribution in [0.1, 0.15) is 5.69 Å². The number of nitrogens with zero attached hydrogens (tertiary/aromatic N) is 3. The van der Waals surface area contributed by atoms with Gasteiger partial charge in [-0.05, 0) is 41.6 Å². The number of aromatic nitrogens is 1. The van der Waals surface area contributed by atoms with Crippen LogP contribution in [0.4, 0.5) is 5.69 Å². The van der Waals surface area contributed by atoms with E-state index in [-0.39, 0.29) is 0 Å². The van der Waals surface area contributed by atoms with E-state index in [1.54, 1.807) is 0 Å². The van der Waals surface area contributed by atoms with Gasteiger partial charge in [0.15, 0.2) is 0 Å². The van der Waals surface area contributed by atoms with E-state index in [1.165, 1.54) is 0 Å². The van der Waals surface area contributed by atoms with E-state index in [2.05, 4.69) is 54.6 Å². The van der Waals surface area contributed by atoms with Crippen molar-refractivity contribution >= 4 is 61.3 Å². The van der Waals surface area contributed by atoms with E-state index in [0.717, 1.165) is 30.2 Å². The zero-order valence-corrected chi connectivity index (χ0v) is 14.2. The Balaban J connectivity index is 2.77. The number of hydrogen-bond donors (Lipinski definition) is 0. The lowest BCUT2D eigenvalue weighted by Crippen LogP contribution is -2.07. The summed E-state index contributed by atoms with van der Waals surface area (Å²) in [5, 5.41) is 2.25. The van der Waals surface area contributed by atoms with E-state index in [9.17, 15) is 0 Å². The third-order valence-electron chi connectivity index (χ3n) is 2.53. The zero-order chi connectivity index (χ0) is 13.3. The second-order valence-electron chi connectivity index (χ2n) is 4.22. The van der Waals surface area contributed by atoms with E-state index in [1.807, 2.05) is 44.5 Å². The molecule has 0 aliphatic rings. The number of aliphatic imine (C=N–C) groups is 1. The van der Waals surface area contributed by atoms with Gasteiger partial charge in [0.25, 0.3) is 0 Å². The van der Waals surface area contributed by atoms with Gasteiger partial charge >= 0.3 is 0 Å². The fourth-order valence-electron chi connectivity index (χ4n) is 1.75. The van der Waals surface area contributed by atoms with Crippen LogP contribution < -0.4 is 0 Å². The molecule has 0 saturated heterocycles. The van der Waals surface area contributed by atoms with Crippen molar-refractivity contribution in [3.8, 4) is 0 Å². The summed E-state index contributed by atoms with van der Waals surface area (Å²) >= 11 is 5.92. The molecule has 1 heterocycles. The number of pyridine rings is 1. The maximum atomic E-state index is 4.56. The van der Waals surface area contributed by atoms with Crippen LogP contribution >= 0.6 is 38.5 Å². The van der Waals surface area contributed by atoms with E-state index in [4.69, 9.17) is 0 Å². The second kappa shape index (κ2) is 5.52. The van der Waals surface area contributed by atoms with Crippen molar-refractivity contribution in [3.63, 3.8) is 0 Å². The summed E-state index contributed by atoms with van der Waals surface area (Å²) in [7, 11) is 3.93. The molecule has 3 nitrogen and oxygen atoms in total. The van der Waals surface area contributed by atoms with Crippen molar-refractivity contribution in [3.05, 3.63) is 32.1 Å². The van der Waals surface area contributed by atoms with Gasteiger partial charge in [0.1, 0.15) is 0 Å². The first-order valence-corrected chi connectivity index (χ1v) is 7.32. The first kappa shape index (κ1) is 13.7. The third kappa shape index (κ3) is 2.66. The van der Waals surface area contributed by atoms with Crippen molar-refractivity contribution in [2.75, 3.05) is 14.1 Å². The van der Waals surface area contributed by atoms with Crippen molar-refractivity contribution in [2.45, 2.75) is 6.92 Å². The Morgan fingerprint density at radius 3 is 2.83 bits per heavy atom. The molecule has 94 valence electrons. The molecule has 0 fully saturated rings. The molecule has 1 aromatic carbocycles. The van der Waals surface area contributed by atoms with Crippen LogP contribution in [-0.4, -0.2) is 30.3 Å². The predicted octanol–water partition coefficient (Wildman–Crippen LogP) is 4.13. The minimum absolute atomic E-state index is 0.994. The number of fused-ring (bicyclic) bond motifs is 1. The molecule has 0 unspecified atom stereocenters. The third-order valence-corrected chi connectivity index (χ3v) is 3.98. The Labute approximate surface area is 129 Å². The summed E-state index contributed by atoms with van der Waals surface area (Å²) in [6, 6.07) is 4.09. The molecule has 1 aromatic heterocycles. The molecule has 0 saturated carbocycles. The Morgan fingerprint density at radius 2 is 2.17 bits per heavy atom. The van der Waals surface area contributed by atoms with Gasteiger partial charge < -0.3 is 4.90 Å². The largest absolute Gasteiger partial charge is 0.369 e. The molecule has 0 aliphatic carbocycles. The summed E-state index contributed by atoms with van der Waals surface area (Å²) in [6.45, 7) is 2.01. The maximum Gasteiger partial charge on any atom is 0.0907 e. The molecule has 0 atom stereocenters. The van der Waals surface area contributed by atoms with Crippen LogP contribution in [0.5, 0.6) is 0 Å². The van der Waals surface area contributed by atoms with Crippen molar-refractivity contribution in [2.24, 2.45) is 4.99 Å². The van der Waals surface area contributed by atoms with Crippen LogP contribution in [0.2, 0.25) is 0 Å². The Hall–Kier alpha value is -0.690. The average molecular weight is 418 g/mol. The quantitative estimate of drug-likeness (QED) is 0.417. The normalized spacial score (nSPS) is 11.4. The fourth-order valence-corrected chi connectivity index (χ4v) is 3.65. The second-order valence-corrected chi connectivity index (χ2v) is 6.23. The van der Waals surface area contributed by atoms with Crippen LogP contribution in [0.3, 0.4) is 0 Å². The summed E-state index contributed by atoms with van der Waals surface area (Å²) < 4.78 is 2.19. The molecule has 0 spiro atoms. The number of halogens is 2. The van der Waals surface area contributed by atoms with Crippen LogP contribution in [-0.2, 0) is 0 Å². The zero-order valence-electron chi connectivity index (χ0n) is 10.4. The van der Waals surface area contributed by atoms with Gasteiger partial charge in [0.2, 0.25) is 0 Å². The first-order chi connectivity index (χ1) is 8.50. The monoisotopic (exact) mass is 417 g/mol.